The lowest BCUT2D eigenvalue weighted by Crippen LogP contribution is -1.98. The summed E-state index contributed by atoms with van der Waals surface area (Å²) >= 11 is 0. The first kappa shape index (κ1) is 8.36. The Bertz CT molecular complexity index is 350. The topological polar surface area (TPSA) is 9.23 Å². The zero-order valence-electron chi connectivity index (χ0n) is 8.13. The van der Waals surface area contributed by atoms with E-state index in [1.165, 1.54) is 16.7 Å². The van der Waals surface area contributed by atoms with E-state index in [1.807, 2.05) is 6.07 Å². The van der Waals surface area contributed by atoms with Crippen molar-refractivity contribution in [2.24, 2.45) is 0 Å². The van der Waals surface area contributed by atoms with E-state index in [2.05, 4.69) is 25.1 Å². The third-order valence-corrected chi connectivity index (χ3v) is 2.60. The third kappa shape index (κ3) is 1.46. The van der Waals surface area contributed by atoms with Crippen LogP contribution in [0.2, 0.25) is 0 Å². The number of fused-ring (bicyclic) bond motifs is 1. The average Bonchev–Trinajstić information content (AvgIpc) is 2.18. The normalized spacial score (nSPS) is 14.8. The largest absolute Gasteiger partial charge is 0.497 e. The number of rotatable bonds is 1. The summed E-state index contributed by atoms with van der Waals surface area (Å²) in [6.07, 6.45) is 4.60. The van der Waals surface area contributed by atoms with Crippen molar-refractivity contribution in [2.45, 2.75) is 19.8 Å². The number of aryl methyl sites for hydroxylation is 1. The molecule has 0 atom stereocenters. The standard InChI is InChI=1S/C12H14O/c1-9-4-3-5-10-8-11(13-2)6-7-12(9)10/h4,6-8H,3,5H2,1-2H3. The second kappa shape index (κ2) is 3.25. The summed E-state index contributed by atoms with van der Waals surface area (Å²) in [6, 6.07) is 6.33. The van der Waals surface area contributed by atoms with Crippen LogP contribution in [0.1, 0.15) is 24.5 Å². The van der Waals surface area contributed by atoms with Crippen LogP contribution in [-0.4, -0.2) is 7.11 Å². The third-order valence-electron chi connectivity index (χ3n) is 2.60. The molecular formula is C12H14O. The number of hydrogen-bond acceptors (Lipinski definition) is 1. The monoisotopic (exact) mass is 174 g/mol. The highest BCUT2D eigenvalue weighted by molar-refractivity contribution is 5.69. The van der Waals surface area contributed by atoms with E-state index in [9.17, 15) is 0 Å². The van der Waals surface area contributed by atoms with Gasteiger partial charge in [-0.1, -0.05) is 12.1 Å². The summed E-state index contributed by atoms with van der Waals surface area (Å²) < 4.78 is 5.20. The van der Waals surface area contributed by atoms with Crippen molar-refractivity contribution in [3.63, 3.8) is 0 Å². The molecule has 1 aromatic carbocycles. The van der Waals surface area contributed by atoms with Gasteiger partial charge in [0.05, 0.1) is 7.11 Å². The molecule has 13 heavy (non-hydrogen) atoms. The van der Waals surface area contributed by atoms with Gasteiger partial charge in [-0.2, -0.15) is 0 Å². The molecule has 68 valence electrons. The van der Waals surface area contributed by atoms with Crippen molar-refractivity contribution >= 4 is 5.57 Å². The minimum Gasteiger partial charge on any atom is -0.497 e. The van der Waals surface area contributed by atoms with E-state index in [-0.39, 0.29) is 0 Å². The predicted molar refractivity (Wildman–Crippen MR) is 55.0 cm³/mol. The van der Waals surface area contributed by atoms with Gasteiger partial charge in [0.25, 0.3) is 0 Å². The van der Waals surface area contributed by atoms with Gasteiger partial charge in [-0.15, -0.1) is 0 Å². The second-order valence-electron chi connectivity index (χ2n) is 3.45. The molecule has 1 aliphatic carbocycles. The molecular weight excluding hydrogens is 160 g/mol. The molecule has 0 heterocycles. The minimum absolute atomic E-state index is 0.966. The number of benzene rings is 1. The van der Waals surface area contributed by atoms with Crippen LogP contribution in [0, 0.1) is 0 Å². The molecule has 0 bridgehead atoms. The summed E-state index contributed by atoms with van der Waals surface area (Å²) in [4.78, 5) is 0. The zero-order valence-corrected chi connectivity index (χ0v) is 8.13. The lowest BCUT2D eigenvalue weighted by molar-refractivity contribution is 0.414. The van der Waals surface area contributed by atoms with E-state index < -0.39 is 0 Å². The van der Waals surface area contributed by atoms with Crippen molar-refractivity contribution < 1.29 is 4.74 Å². The molecule has 0 amide bonds. The van der Waals surface area contributed by atoms with Gasteiger partial charge in [0.1, 0.15) is 5.75 Å². The van der Waals surface area contributed by atoms with Gasteiger partial charge in [0.15, 0.2) is 0 Å². The Labute approximate surface area is 79.0 Å². The zero-order chi connectivity index (χ0) is 9.26. The molecule has 1 heteroatoms. The molecule has 2 rings (SSSR count). The number of ether oxygens (including phenoxy) is 1. The Hall–Kier alpha value is -1.24. The first-order valence-corrected chi connectivity index (χ1v) is 4.65. The summed E-state index contributed by atoms with van der Waals surface area (Å²) in [7, 11) is 1.72. The van der Waals surface area contributed by atoms with Crippen LogP contribution in [0.4, 0.5) is 0 Å². The molecule has 0 N–H and O–H groups in total. The Kier molecular flexibility index (Phi) is 2.09. The Morgan fingerprint density at radius 3 is 2.92 bits per heavy atom. The second-order valence-corrected chi connectivity index (χ2v) is 3.45. The maximum absolute atomic E-state index is 5.20. The maximum Gasteiger partial charge on any atom is 0.119 e. The number of hydrogen-bond donors (Lipinski definition) is 0. The van der Waals surface area contributed by atoms with Crippen LogP contribution >= 0.6 is 0 Å². The number of allylic oxidation sites excluding steroid dienone is 2. The van der Waals surface area contributed by atoms with Crippen molar-refractivity contribution in [3.05, 3.63) is 35.4 Å². The molecule has 0 aliphatic heterocycles. The van der Waals surface area contributed by atoms with Crippen LogP contribution in [0.15, 0.2) is 24.3 Å². The minimum atomic E-state index is 0.966. The first-order valence-electron chi connectivity index (χ1n) is 4.65. The molecule has 1 aliphatic rings. The van der Waals surface area contributed by atoms with Gasteiger partial charge in [-0.3, -0.25) is 0 Å². The average molecular weight is 174 g/mol. The predicted octanol–water partition coefficient (Wildman–Crippen LogP) is 3.04. The van der Waals surface area contributed by atoms with E-state index in [0.29, 0.717) is 0 Å². The quantitative estimate of drug-likeness (QED) is 0.635. The molecule has 1 nitrogen and oxygen atoms in total. The van der Waals surface area contributed by atoms with Crippen LogP contribution in [0.25, 0.3) is 5.57 Å². The highest BCUT2D eigenvalue weighted by atomic mass is 16.5. The summed E-state index contributed by atoms with van der Waals surface area (Å²) in [5.74, 6) is 0.966. The van der Waals surface area contributed by atoms with E-state index in [0.717, 1.165) is 18.6 Å². The van der Waals surface area contributed by atoms with Crippen LogP contribution in [0.3, 0.4) is 0 Å². The Morgan fingerprint density at radius 2 is 2.15 bits per heavy atom. The molecule has 0 unspecified atom stereocenters. The van der Waals surface area contributed by atoms with E-state index in [1.54, 1.807) is 7.11 Å². The molecule has 0 spiro atoms. The summed E-state index contributed by atoms with van der Waals surface area (Å²) in [6.45, 7) is 2.17. The Balaban J connectivity index is 2.48. The van der Waals surface area contributed by atoms with Gasteiger partial charge in [0.2, 0.25) is 0 Å². The number of methoxy groups -OCH3 is 1. The highest BCUT2D eigenvalue weighted by Gasteiger charge is 2.09. The van der Waals surface area contributed by atoms with Crippen molar-refractivity contribution in [1.82, 2.24) is 0 Å². The van der Waals surface area contributed by atoms with Crippen LogP contribution < -0.4 is 4.74 Å². The molecule has 0 saturated carbocycles. The van der Waals surface area contributed by atoms with Crippen molar-refractivity contribution in [3.8, 4) is 5.75 Å². The lowest BCUT2D eigenvalue weighted by Gasteiger charge is -2.15. The molecule has 1 aromatic rings. The fourth-order valence-electron chi connectivity index (χ4n) is 1.84. The fraction of sp³-hybridized carbons (Fsp3) is 0.333. The smallest absolute Gasteiger partial charge is 0.119 e. The van der Waals surface area contributed by atoms with Crippen LogP contribution in [0.5, 0.6) is 5.75 Å². The highest BCUT2D eigenvalue weighted by Crippen LogP contribution is 2.28. The van der Waals surface area contributed by atoms with Crippen LogP contribution in [-0.2, 0) is 6.42 Å². The molecule has 0 fully saturated rings. The maximum atomic E-state index is 5.20. The van der Waals surface area contributed by atoms with Crippen molar-refractivity contribution in [1.29, 1.82) is 0 Å². The fourth-order valence-corrected chi connectivity index (χ4v) is 1.84. The molecule has 0 saturated heterocycles. The van der Waals surface area contributed by atoms with Gasteiger partial charge in [-0.05, 0) is 48.6 Å². The van der Waals surface area contributed by atoms with Crippen molar-refractivity contribution in [2.75, 3.05) is 7.11 Å². The van der Waals surface area contributed by atoms with E-state index in [4.69, 9.17) is 4.74 Å². The summed E-state index contributed by atoms with van der Waals surface area (Å²) in [5, 5.41) is 0. The molecule has 0 radical (unpaired) electrons. The van der Waals surface area contributed by atoms with Gasteiger partial charge in [-0.25, -0.2) is 0 Å². The van der Waals surface area contributed by atoms with Gasteiger partial charge < -0.3 is 4.74 Å². The molecule has 0 aromatic heterocycles. The lowest BCUT2D eigenvalue weighted by atomic mass is 9.92. The SMILES string of the molecule is COc1ccc2c(c1)CCC=C2C. The van der Waals surface area contributed by atoms with E-state index >= 15 is 0 Å². The van der Waals surface area contributed by atoms with Gasteiger partial charge >= 0.3 is 0 Å². The first-order chi connectivity index (χ1) is 6.31. The summed E-state index contributed by atoms with van der Waals surface area (Å²) in [5.41, 5.74) is 4.19. The van der Waals surface area contributed by atoms with Gasteiger partial charge in [0, 0.05) is 0 Å². The Morgan fingerprint density at radius 1 is 1.31 bits per heavy atom.